The van der Waals surface area contributed by atoms with Crippen molar-refractivity contribution in [3.63, 3.8) is 0 Å². The summed E-state index contributed by atoms with van der Waals surface area (Å²) in [5.41, 5.74) is 2.17. The first-order valence-corrected chi connectivity index (χ1v) is 10.7. The molecular formula is C23H28N2O2S. The zero-order chi connectivity index (χ0) is 20.1. The van der Waals surface area contributed by atoms with E-state index in [-0.39, 0.29) is 11.7 Å². The molecule has 3 rings (SSSR count). The fraction of sp³-hybridized carbons (Fsp3) is 0.435. The van der Waals surface area contributed by atoms with Gasteiger partial charge in [0.1, 0.15) is 10.8 Å². The molecule has 1 fully saturated rings. The van der Waals surface area contributed by atoms with E-state index in [0.717, 1.165) is 47.1 Å². The van der Waals surface area contributed by atoms with Gasteiger partial charge < -0.3 is 4.90 Å². The second kappa shape index (κ2) is 9.28. The standard InChI is InChI=1S/C23H28N2O2S/c1-4-21(26)12-18-7-9-20(10-8-18)25-11-5-6-19(15-25)17(3)22(27)13-23-24-14-16(2)28-23/h4,7-10,14,17,19H,1,5-6,11-13,15H2,2-3H3. The number of allylic oxidation sites excluding steroid dienone is 1. The Kier molecular flexibility index (Phi) is 6.79. The highest BCUT2D eigenvalue weighted by molar-refractivity contribution is 7.11. The van der Waals surface area contributed by atoms with Crippen LogP contribution in [-0.4, -0.2) is 29.6 Å². The molecule has 2 aromatic rings. The molecular weight excluding hydrogens is 368 g/mol. The first-order chi connectivity index (χ1) is 13.5. The van der Waals surface area contributed by atoms with Gasteiger partial charge in [-0.3, -0.25) is 9.59 Å². The third-order valence-electron chi connectivity index (χ3n) is 5.57. The number of benzene rings is 1. The van der Waals surface area contributed by atoms with E-state index in [1.165, 1.54) is 6.08 Å². The average molecular weight is 397 g/mol. The normalized spacial score (nSPS) is 17.9. The number of hydrogen-bond donors (Lipinski definition) is 0. The molecule has 0 saturated carbocycles. The highest BCUT2D eigenvalue weighted by Crippen LogP contribution is 2.29. The molecule has 1 aromatic heterocycles. The summed E-state index contributed by atoms with van der Waals surface area (Å²) in [6.45, 7) is 9.52. The molecule has 2 unspecified atom stereocenters. The number of ketones is 2. The van der Waals surface area contributed by atoms with Crippen LogP contribution in [0.2, 0.25) is 0 Å². The van der Waals surface area contributed by atoms with Crippen LogP contribution in [-0.2, 0) is 22.4 Å². The van der Waals surface area contributed by atoms with Crippen LogP contribution < -0.4 is 4.90 Å². The van der Waals surface area contributed by atoms with E-state index in [4.69, 9.17) is 0 Å². The SMILES string of the molecule is C=CC(=O)Cc1ccc(N2CCCC(C(C)C(=O)Cc3ncc(C)s3)C2)cc1. The van der Waals surface area contributed by atoms with E-state index in [1.54, 1.807) is 11.3 Å². The van der Waals surface area contributed by atoms with Crippen LogP contribution in [0, 0.1) is 18.8 Å². The number of aromatic nitrogens is 1. The summed E-state index contributed by atoms with van der Waals surface area (Å²) < 4.78 is 0. The number of carbonyl (C=O) groups excluding carboxylic acids is 2. The molecule has 148 valence electrons. The van der Waals surface area contributed by atoms with Gasteiger partial charge in [-0.25, -0.2) is 4.98 Å². The number of piperidine rings is 1. The van der Waals surface area contributed by atoms with Crippen molar-refractivity contribution in [2.75, 3.05) is 18.0 Å². The van der Waals surface area contributed by atoms with E-state index in [9.17, 15) is 9.59 Å². The Morgan fingerprint density at radius 2 is 2.07 bits per heavy atom. The minimum absolute atomic E-state index is 0.0357. The Labute approximate surface area is 171 Å². The summed E-state index contributed by atoms with van der Waals surface area (Å²) in [6.07, 6.45) is 6.24. The van der Waals surface area contributed by atoms with E-state index in [2.05, 4.69) is 35.5 Å². The van der Waals surface area contributed by atoms with Crippen molar-refractivity contribution in [1.82, 2.24) is 4.98 Å². The van der Waals surface area contributed by atoms with Crippen molar-refractivity contribution >= 4 is 28.6 Å². The van der Waals surface area contributed by atoms with Crippen LogP contribution in [0.1, 0.15) is 35.2 Å². The van der Waals surface area contributed by atoms with Gasteiger partial charge in [0.05, 0.1) is 6.42 Å². The van der Waals surface area contributed by atoms with E-state index >= 15 is 0 Å². The summed E-state index contributed by atoms with van der Waals surface area (Å²) in [6, 6.07) is 8.19. The van der Waals surface area contributed by atoms with E-state index in [1.807, 2.05) is 25.3 Å². The van der Waals surface area contributed by atoms with Crippen molar-refractivity contribution in [2.24, 2.45) is 11.8 Å². The number of carbonyl (C=O) groups is 2. The number of anilines is 1. The lowest BCUT2D eigenvalue weighted by Gasteiger charge is -2.36. The van der Waals surface area contributed by atoms with Gasteiger partial charge in [0, 0.05) is 42.2 Å². The van der Waals surface area contributed by atoms with Crippen molar-refractivity contribution in [2.45, 2.75) is 39.5 Å². The van der Waals surface area contributed by atoms with Crippen LogP contribution in [0.4, 0.5) is 5.69 Å². The quantitative estimate of drug-likeness (QED) is 0.620. The number of nitrogens with zero attached hydrogens (tertiary/aromatic N) is 2. The number of hydrogen-bond acceptors (Lipinski definition) is 5. The van der Waals surface area contributed by atoms with E-state index < -0.39 is 0 Å². The van der Waals surface area contributed by atoms with E-state index in [0.29, 0.717) is 24.5 Å². The zero-order valence-corrected chi connectivity index (χ0v) is 17.5. The third-order valence-corrected chi connectivity index (χ3v) is 6.49. The first-order valence-electron chi connectivity index (χ1n) is 9.89. The van der Waals surface area contributed by atoms with Crippen molar-refractivity contribution in [1.29, 1.82) is 0 Å². The molecule has 0 aliphatic carbocycles. The Hall–Kier alpha value is -2.27. The average Bonchev–Trinajstić information content (AvgIpc) is 3.12. The fourth-order valence-corrected chi connectivity index (χ4v) is 4.60. The van der Waals surface area contributed by atoms with Crippen LogP contribution in [0.3, 0.4) is 0 Å². The largest absolute Gasteiger partial charge is 0.371 e. The van der Waals surface area contributed by atoms with Gasteiger partial charge in [0.15, 0.2) is 5.78 Å². The topological polar surface area (TPSA) is 50.3 Å². The highest BCUT2D eigenvalue weighted by Gasteiger charge is 2.29. The van der Waals surface area contributed by atoms with Crippen molar-refractivity contribution in [3.8, 4) is 0 Å². The predicted molar refractivity (Wildman–Crippen MR) is 115 cm³/mol. The number of Topliss-reactive ketones (excluding diaryl/α,β-unsaturated/α-hetero) is 1. The molecule has 1 aliphatic heterocycles. The van der Waals surface area contributed by atoms with Crippen molar-refractivity contribution < 1.29 is 9.59 Å². The monoisotopic (exact) mass is 396 g/mol. The third kappa shape index (κ3) is 5.16. The summed E-state index contributed by atoms with van der Waals surface area (Å²) in [7, 11) is 0. The molecule has 1 aromatic carbocycles. The van der Waals surface area contributed by atoms with Crippen LogP contribution in [0.5, 0.6) is 0 Å². The van der Waals surface area contributed by atoms with Crippen LogP contribution in [0.25, 0.3) is 0 Å². The maximum atomic E-state index is 12.7. The molecule has 2 atom stereocenters. The highest BCUT2D eigenvalue weighted by atomic mass is 32.1. The van der Waals surface area contributed by atoms with Gasteiger partial charge in [-0.15, -0.1) is 11.3 Å². The smallest absolute Gasteiger partial charge is 0.159 e. The molecule has 0 spiro atoms. The van der Waals surface area contributed by atoms with Gasteiger partial charge in [-0.05, 0) is 49.5 Å². The molecule has 5 heteroatoms. The van der Waals surface area contributed by atoms with Crippen LogP contribution >= 0.6 is 11.3 Å². The Bertz CT molecular complexity index is 841. The summed E-state index contributed by atoms with van der Waals surface area (Å²) in [5.74, 6) is 0.730. The summed E-state index contributed by atoms with van der Waals surface area (Å²) >= 11 is 1.61. The molecule has 0 N–H and O–H groups in total. The molecule has 0 radical (unpaired) electrons. The molecule has 28 heavy (non-hydrogen) atoms. The first kappa shape index (κ1) is 20.5. The number of thiazole rings is 1. The maximum Gasteiger partial charge on any atom is 0.159 e. The lowest BCUT2D eigenvalue weighted by atomic mass is 9.83. The summed E-state index contributed by atoms with van der Waals surface area (Å²) in [5, 5.41) is 0.923. The van der Waals surface area contributed by atoms with Crippen LogP contribution in [0.15, 0.2) is 43.1 Å². The second-order valence-electron chi connectivity index (χ2n) is 7.66. The fourth-order valence-electron chi connectivity index (χ4n) is 3.81. The molecule has 4 nitrogen and oxygen atoms in total. The molecule has 0 bridgehead atoms. The molecule has 1 saturated heterocycles. The lowest BCUT2D eigenvalue weighted by molar-refractivity contribution is -0.123. The van der Waals surface area contributed by atoms with Crippen molar-refractivity contribution in [3.05, 3.63) is 58.6 Å². The molecule has 1 aliphatic rings. The number of rotatable bonds is 8. The van der Waals surface area contributed by atoms with Gasteiger partial charge in [-0.2, -0.15) is 0 Å². The Balaban J connectivity index is 1.60. The van der Waals surface area contributed by atoms with Gasteiger partial charge >= 0.3 is 0 Å². The molecule has 0 amide bonds. The zero-order valence-electron chi connectivity index (χ0n) is 16.7. The second-order valence-corrected chi connectivity index (χ2v) is 8.98. The minimum atomic E-state index is 0.0357. The predicted octanol–water partition coefficient (Wildman–Crippen LogP) is 4.41. The molecule has 2 heterocycles. The summed E-state index contributed by atoms with van der Waals surface area (Å²) in [4.78, 5) is 32.1. The Morgan fingerprint density at radius 1 is 1.32 bits per heavy atom. The van der Waals surface area contributed by atoms with Gasteiger partial charge in [-0.1, -0.05) is 25.6 Å². The Morgan fingerprint density at radius 3 is 2.71 bits per heavy atom. The minimum Gasteiger partial charge on any atom is -0.371 e. The lowest BCUT2D eigenvalue weighted by Crippen LogP contribution is -2.40. The van der Waals surface area contributed by atoms with Gasteiger partial charge in [0.2, 0.25) is 0 Å². The number of aryl methyl sites for hydroxylation is 1. The van der Waals surface area contributed by atoms with Gasteiger partial charge in [0.25, 0.3) is 0 Å². The maximum absolute atomic E-state index is 12.7.